The Bertz CT molecular complexity index is 1180. The molecule has 2 aliphatic rings. The lowest BCUT2D eigenvalue weighted by Gasteiger charge is -2.35. The van der Waals surface area contributed by atoms with Gasteiger partial charge in [-0.2, -0.15) is 0 Å². The molecule has 0 saturated carbocycles. The van der Waals surface area contributed by atoms with Crippen LogP contribution in [0.4, 0.5) is 10.5 Å². The first-order chi connectivity index (χ1) is 16.5. The van der Waals surface area contributed by atoms with Gasteiger partial charge >= 0.3 is 12.0 Å². The number of rotatable bonds is 5. The van der Waals surface area contributed by atoms with Crippen molar-refractivity contribution in [2.45, 2.75) is 31.3 Å². The topological polar surface area (TPSA) is 96.7 Å². The third kappa shape index (κ3) is 4.17. The number of benzene rings is 2. The molecule has 2 amide bonds. The highest BCUT2D eigenvalue weighted by molar-refractivity contribution is 5.92. The summed E-state index contributed by atoms with van der Waals surface area (Å²) in [5.41, 5.74) is 4.54. The van der Waals surface area contributed by atoms with E-state index in [2.05, 4.69) is 27.0 Å². The van der Waals surface area contributed by atoms with E-state index in [1.54, 1.807) is 29.2 Å². The molecule has 2 aliphatic heterocycles. The largest absolute Gasteiger partial charge is 0.465 e. The van der Waals surface area contributed by atoms with Gasteiger partial charge in [0.1, 0.15) is 0 Å². The van der Waals surface area contributed by atoms with E-state index in [4.69, 9.17) is 4.74 Å². The molecule has 8 nitrogen and oxygen atoms in total. The maximum Gasteiger partial charge on any atom is 0.337 e. The lowest BCUT2D eigenvalue weighted by atomic mass is 9.83. The number of aliphatic hydroxyl groups is 1. The van der Waals surface area contributed by atoms with Crippen LogP contribution in [0.25, 0.3) is 5.69 Å². The van der Waals surface area contributed by atoms with Crippen LogP contribution in [0.2, 0.25) is 0 Å². The lowest BCUT2D eigenvalue weighted by molar-refractivity contribution is 0.0594. The van der Waals surface area contributed by atoms with Gasteiger partial charge in [0.2, 0.25) is 0 Å². The summed E-state index contributed by atoms with van der Waals surface area (Å²) >= 11 is 0. The number of anilines is 1. The summed E-state index contributed by atoms with van der Waals surface area (Å²) in [5, 5.41) is 14.0. The van der Waals surface area contributed by atoms with E-state index >= 15 is 0 Å². The molecule has 2 N–H and O–H groups in total. The molecule has 1 fully saturated rings. The van der Waals surface area contributed by atoms with Crippen LogP contribution in [0.1, 0.15) is 46.8 Å². The Labute approximate surface area is 198 Å². The summed E-state index contributed by atoms with van der Waals surface area (Å²) in [6.45, 7) is 1.18. The molecule has 0 aliphatic carbocycles. The Morgan fingerprint density at radius 3 is 2.62 bits per heavy atom. The summed E-state index contributed by atoms with van der Waals surface area (Å²) in [5.74, 6) is -0.139. The number of hydrogen-bond donors (Lipinski definition) is 2. The molecule has 1 saturated heterocycles. The van der Waals surface area contributed by atoms with Crippen LogP contribution in [0, 0.1) is 5.92 Å². The number of aliphatic hydroxyl groups excluding tert-OH is 1. The van der Waals surface area contributed by atoms with Crippen LogP contribution >= 0.6 is 0 Å². The second-order valence-corrected chi connectivity index (χ2v) is 8.93. The molecule has 176 valence electrons. The van der Waals surface area contributed by atoms with Crippen LogP contribution in [-0.4, -0.2) is 57.9 Å². The minimum absolute atomic E-state index is 0.128. The van der Waals surface area contributed by atoms with E-state index in [9.17, 15) is 14.7 Å². The number of methoxy groups -OCH3 is 1. The number of piperidine rings is 1. The molecule has 8 heteroatoms. The smallest absolute Gasteiger partial charge is 0.337 e. The number of hydrogen-bond acceptors (Lipinski definition) is 5. The van der Waals surface area contributed by atoms with Crippen LogP contribution in [0.3, 0.4) is 0 Å². The predicted molar refractivity (Wildman–Crippen MR) is 127 cm³/mol. The minimum Gasteiger partial charge on any atom is -0.465 e. The standard InChI is InChI=1S/C26H28N4O4/c1-34-25(32)18-6-8-19(9-7-18)28-26(33)29-12-10-17(11-13-29)24(31)14-21-20-4-2-3-5-22(20)30-16-27-15-23(21)30/h2-9,15-17,21,24,31H,10-14H2,1H3,(H,28,33). The maximum atomic E-state index is 12.7. The highest BCUT2D eigenvalue weighted by Gasteiger charge is 2.34. The van der Waals surface area contributed by atoms with E-state index < -0.39 is 12.1 Å². The van der Waals surface area contributed by atoms with Crippen molar-refractivity contribution in [1.29, 1.82) is 0 Å². The van der Waals surface area contributed by atoms with E-state index in [0.717, 1.165) is 24.2 Å². The van der Waals surface area contributed by atoms with Crippen LogP contribution in [-0.2, 0) is 4.74 Å². The molecule has 0 bridgehead atoms. The molecule has 0 spiro atoms. The monoisotopic (exact) mass is 460 g/mol. The van der Waals surface area contributed by atoms with E-state index in [1.807, 2.05) is 24.7 Å². The summed E-state index contributed by atoms with van der Waals surface area (Å²) in [7, 11) is 1.33. The van der Waals surface area contributed by atoms with Crippen molar-refractivity contribution in [2.24, 2.45) is 5.92 Å². The summed E-state index contributed by atoms with van der Waals surface area (Å²) in [4.78, 5) is 30.3. The first-order valence-corrected chi connectivity index (χ1v) is 11.6. The molecule has 34 heavy (non-hydrogen) atoms. The number of carbonyl (C=O) groups is 2. The number of likely N-dealkylation sites (tertiary alicyclic amines) is 1. The van der Waals surface area contributed by atoms with Crippen molar-refractivity contribution in [3.05, 3.63) is 77.9 Å². The first-order valence-electron chi connectivity index (χ1n) is 11.6. The van der Waals surface area contributed by atoms with Crippen molar-refractivity contribution >= 4 is 17.7 Å². The number of amides is 2. The van der Waals surface area contributed by atoms with Gasteiger partial charge in [0.15, 0.2) is 0 Å². The van der Waals surface area contributed by atoms with Gasteiger partial charge in [-0.25, -0.2) is 14.6 Å². The number of para-hydroxylation sites is 1. The van der Waals surface area contributed by atoms with Gasteiger partial charge in [-0.15, -0.1) is 0 Å². The van der Waals surface area contributed by atoms with E-state index in [1.165, 1.54) is 12.7 Å². The SMILES string of the molecule is COC(=O)c1ccc(NC(=O)N2CCC(C(O)CC3c4ccccc4-n4cncc43)CC2)cc1. The number of nitrogens with zero attached hydrogens (tertiary/aromatic N) is 3. The molecule has 3 aromatic rings. The third-order valence-corrected chi connectivity index (χ3v) is 7.00. The first kappa shape index (κ1) is 22.2. The minimum atomic E-state index is -0.449. The average Bonchev–Trinajstić information content (AvgIpc) is 3.46. The third-order valence-electron chi connectivity index (χ3n) is 7.00. The zero-order valence-electron chi connectivity index (χ0n) is 19.1. The van der Waals surface area contributed by atoms with Gasteiger partial charge < -0.3 is 24.6 Å². The fraction of sp³-hybridized carbons (Fsp3) is 0.346. The molecule has 1 aromatic heterocycles. The Morgan fingerprint density at radius 2 is 1.88 bits per heavy atom. The number of esters is 1. The van der Waals surface area contributed by atoms with Gasteiger partial charge in [0, 0.05) is 30.9 Å². The van der Waals surface area contributed by atoms with Gasteiger partial charge in [-0.3, -0.25) is 0 Å². The highest BCUT2D eigenvalue weighted by atomic mass is 16.5. The number of nitrogens with one attached hydrogen (secondary N) is 1. The van der Waals surface area contributed by atoms with Crippen molar-refractivity contribution < 1.29 is 19.4 Å². The number of ether oxygens (including phenoxy) is 1. The van der Waals surface area contributed by atoms with Crippen LogP contribution in [0.5, 0.6) is 0 Å². The maximum absolute atomic E-state index is 12.7. The molecule has 0 radical (unpaired) electrons. The normalized spacial score (nSPS) is 18.2. The van der Waals surface area contributed by atoms with Crippen LogP contribution < -0.4 is 5.32 Å². The zero-order valence-corrected chi connectivity index (χ0v) is 19.1. The molecule has 2 aromatic carbocycles. The van der Waals surface area contributed by atoms with Gasteiger partial charge in [0.25, 0.3) is 0 Å². The highest BCUT2D eigenvalue weighted by Crippen LogP contribution is 2.41. The summed E-state index contributed by atoms with van der Waals surface area (Å²) in [6.07, 6.45) is 5.43. The van der Waals surface area contributed by atoms with E-state index in [-0.39, 0.29) is 17.9 Å². The molecular weight excluding hydrogens is 432 g/mol. The zero-order chi connectivity index (χ0) is 23.7. The molecule has 3 heterocycles. The number of urea groups is 1. The number of fused-ring (bicyclic) bond motifs is 3. The number of imidazole rings is 1. The average molecular weight is 461 g/mol. The number of aromatic nitrogens is 2. The van der Waals surface area contributed by atoms with E-state index in [0.29, 0.717) is 30.8 Å². The van der Waals surface area contributed by atoms with Gasteiger partial charge in [-0.1, -0.05) is 18.2 Å². The fourth-order valence-electron chi connectivity index (χ4n) is 5.10. The summed E-state index contributed by atoms with van der Waals surface area (Å²) < 4.78 is 6.80. The van der Waals surface area contributed by atoms with Crippen molar-refractivity contribution in [3.8, 4) is 5.69 Å². The van der Waals surface area contributed by atoms with Gasteiger partial charge in [-0.05, 0) is 61.1 Å². The second-order valence-electron chi connectivity index (χ2n) is 8.93. The Kier molecular flexibility index (Phi) is 6.06. The molecule has 2 atom stereocenters. The van der Waals surface area contributed by atoms with Crippen molar-refractivity contribution in [3.63, 3.8) is 0 Å². The van der Waals surface area contributed by atoms with Gasteiger partial charge in [0.05, 0.1) is 36.5 Å². The van der Waals surface area contributed by atoms with Crippen molar-refractivity contribution in [1.82, 2.24) is 14.5 Å². The van der Waals surface area contributed by atoms with Crippen molar-refractivity contribution in [2.75, 3.05) is 25.5 Å². The predicted octanol–water partition coefficient (Wildman–Crippen LogP) is 3.80. The Hall–Kier alpha value is -3.65. The number of carbonyl (C=O) groups excluding carboxylic acids is 2. The quantitative estimate of drug-likeness (QED) is 0.565. The molecule has 2 unspecified atom stereocenters. The summed E-state index contributed by atoms with van der Waals surface area (Å²) in [6, 6.07) is 14.7. The Balaban J connectivity index is 1.16. The Morgan fingerprint density at radius 1 is 1.15 bits per heavy atom. The molecular formula is C26H28N4O4. The lowest BCUT2D eigenvalue weighted by Crippen LogP contribution is -2.43. The second kappa shape index (κ2) is 9.30. The fourth-order valence-corrected chi connectivity index (χ4v) is 5.10. The van der Waals surface area contributed by atoms with Crippen LogP contribution in [0.15, 0.2) is 61.1 Å². The molecule has 5 rings (SSSR count).